The summed E-state index contributed by atoms with van der Waals surface area (Å²) in [6.07, 6.45) is 3.80. The fourth-order valence-electron chi connectivity index (χ4n) is 2.16. The molecule has 0 fully saturated rings. The number of rotatable bonds is 5. The number of nitrogens with zero attached hydrogens (tertiary/aromatic N) is 2. The summed E-state index contributed by atoms with van der Waals surface area (Å²) in [6.45, 7) is 1.36. The average molecular weight is 343 g/mol. The van der Waals surface area contributed by atoms with Crippen molar-refractivity contribution in [2.75, 3.05) is 6.61 Å². The van der Waals surface area contributed by atoms with Crippen LogP contribution in [0.2, 0.25) is 0 Å². The van der Waals surface area contributed by atoms with Crippen molar-refractivity contribution in [1.82, 2.24) is 9.55 Å². The Morgan fingerprint density at radius 1 is 1.05 bits per heavy atom. The number of hydrogen-bond donors (Lipinski definition) is 0. The third kappa shape index (κ3) is 3.52. The van der Waals surface area contributed by atoms with E-state index in [1.165, 1.54) is 0 Å². The highest BCUT2D eigenvalue weighted by molar-refractivity contribution is 9.10. The Morgan fingerprint density at radius 3 is 2.71 bits per heavy atom. The molecule has 1 heterocycles. The van der Waals surface area contributed by atoms with Gasteiger partial charge in [0.1, 0.15) is 18.2 Å². The molecule has 3 aromatic rings. The molecular weight excluding hydrogens is 328 g/mol. The molecule has 0 aliphatic rings. The second-order valence-corrected chi connectivity index (χ2v) is 5.53. The quantitative estimate of drug-likeness (QED) is 0.687. The van der Waals surface area contributed by atoms with Gasteiger partial charge in [0, 0.05) is 22.4 Å². The lowest BCUT2D eigenvalue weighted by Gasteiger charge is -2.10. The standard InChI is InChI=1S/C17H15BrN2O/c18-15-7-4-8-16(13-15)21-12-11-20-10-9-19-17(20)14-5-2-1-3-6-14/h1-10,13H,11-12H2. The highest BCUT2D eigenvalue weighted by Gasteiger charge is 2.05. The molecule has 0 aliphatic heterocycles. The molecule has 0 N–H and O–H groups in total. The molecule has 0 radical (unpaired) electrons. The van der Waals surface area contributed by atoms with Gasteiger partial charge in [-0.1, -0.05) is 52.3 Å². The van der Waals surface area contributed by atoms with Crippen LogP contribution >= 0.6 is 15.9 Å². The van der Waals surface area contributed by atoms with E-state index in [2.05, 4.69) is 37.6 Å². The minimum Gasteiger partial charge on any atom is -0.492 e. The molecule has 0 saturated heterocycles. The van der Waals surface area contributed by atoms with Crippen LogP contribution in [0.25, 0.3) is 11.4 Å². The Hall–Kier alpha value is -2.07. The summed E-state index contributed by atoms with van der Waals surface area (Å²) >= 11 is 3.44. The molecular formula is C17H15BrN2O. The number of aromatic nitrogens is 2. The van der Waals surface area contributed by atoms with E-state index in [1.807, 2.05) is 54.9 Å². The summed E-state index contributed by atoms with van der Waals surface area (Å²) < 4.78 is 8.90. The second kappa shape index (κ2) is 6.59. The number of benzene rings is 2. The molecule has 0 bridgehead atoms. The van der Waals surface area contributed by atoms with Crippen LogP contribution in [0.5, 0.6) is 5.75 Å². The van der Waals surface area contributed by atoms with Crippen molar-refractivity contribution in [2.24, 2.45) is 0 Å². The van der Waals surface area contributed by atoms with Crippen molar-refractivity contribution < 1.29 is 4.74 Å². The Kier molecular flexibility index (Phi) is 4.36. The lowest BCUT2D eigenvalue weighted by molar-refractivity contribution is 0.299. The third-order valence-corrected chi connectivity index (χ3v) is 3.64. The van der Waals surface area contributed by atoms with Crippen molar-refractivity contribution in [3.63, 3.8) is 0 Å². The predicted molar refractivity (Wildman–Crippen MR) is 87.3 cm³/mol. The van der Waals surface area contributed by atoms with Gasteiger partial charge in [0.05, 0.1) is 6.54 Å². The number of imidazole rings is 1. The molecule has 3 rings (SSSR count). The van der Waals surface area contributed by atoms with E-state index >= 15 is 0 Å². The van der Waals surface area contributed by atoms with Gasteiger partial charge in [-0.05, 0) is 18.2 Å². The van der Waals surface area contributed by atoms with Crippen LogP contribution in [0, 0.1) is 0 Å². The number of ether oxygens (including phenoxy) is 1. The topological polar surface area (TPSA) is 27.1 Å². The van der Waals surface area contributed by atoms with Crippen molar-refractivity contribution in [2.45, 2.75) is 6.54 Å². The van der Waals surface area contributed by atoms with E-state index < -0.39 is 0 Å². The monoisotopic (exact) mass is 342 g/mol. The molecule has 0 amide bonds. The van der Waals surface area contributed by atoms with Crippen LogP contribution in [0.3, 0.4) is 0 Å². The molecule has 0 saturated carbocycles. The van der Waals surface area contributed by atoms with E-state index in [1.54, 1.807) is 0 Å². The first-order valence-corrected chi connectivity index (χ1v) is 7.57. The molecule has 2 aromatic carbocycles. The van der Waals surface area contributed by atoms with Crippen LogP contribution in [-0.4, -0.2) is 16.2 Å². The first-order chi connectivity index (χ1) is 10.3. The first kappa shape index (κ1) is 13.9. The van der Waals surface area contributed by atoms with Gasteiger partial charge in [-0.25, -0.2) is 4.98 Å². The lowest BCUT2D eigenvalue weighted by atomic mass is 10.2. The van der Waals surface area contributed by atoms with Gasteiger partial charge >= 0.3 is 0 Å². The van der Waals surface area contributed by atoms with Gasteiger partial charge in [0.25, 0.3) is 0 Å². The van der Waals surface area contributed by atoms with Gasteiger partial charge in [-0.15, -0.1) is 0 Å². The summed E-state index contributed by atoms with van der Waals surface area (Å²) in [6, 6.07) is 18.0. The van der Waals surface area contributed by atoms with Crippen LogP contribution in [0.4, 0.5) is 0 Å². The van der Waals surface area contributed by atoms with E-state index in [9.17, 15) is 0 Å². The maximum atomic E-state index is 5.77. The molecule has 0 spiro atoms. The molecule has 0 unspecified atom stereocenters. The van der Waals surface area contributed by atoms with Gasteiger partial charge in [0.2, 0.25) is 0 Å². The second-order valence-electron chi connectivity index (χ2n) is 4.62. The Balaban J connectivity index is 1.66. The summed E-state index contributed by atoms with van der Waals surface area (Å²) in [4.78, 5) is 4.43. The summed E-state index contributed by atoms with van der Waals surface area (Å²) in [7, 11) is 0. The molecule has 21 heavy (non-hydrogen) atoms. The zero-order valence-corrected chi connectivity index (χ0v) is 13.0. The lowest BCUT2D eigenvalue weighted by Crippen LogP contribution is -2.08. The van der Waals surface area contributed by atoms with Gasteiger partial charge in [-0.3, -0.25) is 0 Å². The van der Waals surface area contributed by atoms with E-state index in [0.717, 1.165) is 28.2 Å². The number of halogens is 1. The van der Waals surface area contributed by atoms with Gasteiger partial charge in [-0.2, -0.15) is 0 Å². The van der Waals surface area contributed by atoms with E-state index in [0.29, 0.717) is 6.61 Å². The largest absolute Gasteiger partial charge is 0.492 e. The van der Waals surface area contributed by atoms with E-state index in [4.69, 9.17) is 4.74 Å². The minimum atomic E-state index is 0.604. The molecule has 0 atom stereocenters. The van der Waals surface area contributed by atoms with E-state index in [-0.39, 0.29) is 0 Å². The van der Waals surface area contributed by atoms with Gasteiger partial charge in [0.15, 0.2) is 0 Å². The number of hydrogen-bond acceptors (Lipinski definition) is 2. The smallest absolute Gasteiger partial charge is 0.139 e. The zero-order valence-electron chi connectivity index (χ0n) is 11.4. The third-order valence-electron chi connectivity index (χ3n) is 3.14. The Labute approximate surface area is 132 Å². The Morgan fingerprint density at radius 2 is 1.90 bits per heavy atom. The molecule has 4 heteroatoms. The fraction of sp³-hybridized carbons (Fsp3) is 0.118. The summed E-state index contributed by atoms with van der Waals surface area (Å²) in [5, 5.41) is 0. The maximum absolute atomic E-state index is 5.77. The SMILES string of the molecule is Brc1cccc(OCCn2ccnc2-c2ccccc2)c1. The summed E-state index contributed by atoms with van der Waals surface area (Å²) in [5.41, 5.74) is 1.12. The van der Waals surface area contributed by atoms with Crippen molar-refractivity contribution >= 4 is 15.9 Å². The highest BCUT2D eigenvalue weighted by Crippen LogP contribution is 2.19. The minimum absolute atomic E-state index is 0.604. The highest BCUT2D eigenvalue weighted by atomic mass is 79.9. The van der Waals surface area contributed by atoms with Crippen molar-refractivity contribution in [3.05, 3.63) is 71.5 Å². The van der Waals surface area contributed by atoms with Crippen LogP contribution in [-0.2, 0) is 6.54 Å². The normalized spacial score (nSPS) is 10.5. The van der Waals surface area contributed by atoms with Gasteiger partial charge < -0.3 is 9.30 Å². The van der Waals surface area contributed by atoms with Crippen LogP contribution in [0.15, 0.2) is 71.5 Å². The van der Waals surface area contributed by atoms with Crippen LogP contribution in [0.1, 0.15) is 0 Å². The van der Waals surface area contributed by atoms with Crippen molar-refractivity contribution in [3.8, 4) is 17.1 Å². The molecule has 1 aromatic heterocycles. The maximum Gasteiger partial charge on any atom is 0.139 e. The van der Waals surface area contributed by atoms with Crippen LogP contribution < -0.4 is 4.74 Å². The molecule has 106 valence electrons. The molecule has 3 nitrogen and oxygen atoms in total. The average Bonchev–Trinajstić information content (AvgIpc) is 2.97. The van der Waals surface area contributed by atoms with Crippen molar-refractivity contribution in [1.29, 1.82) is 0 Å². The fourth-order valence-corrected chi connectivity index (χ4v) is 2.53. The summed E-state index contributed by atoms with van der Waals surface area (Å²) in [5.74, 6) is 1.83. The first-order valence-electron chi connectivity index (χ1n) is 6.78. The zero-order chi connectivity index (χ0) is 14.5. The Bertz CT molecular complexity index is 710. The molecule has 0 aliphatic carbocycles. The predicted octanol–water partition coefficient (Wildman–Crippen LogP) is 4.39.